The second-order valence-electron chi connectivity index (χ2n) is 4.06. The third-order valence-electron chi connectivity index (χ3n) is 2.48. The maximum Gasteiger partial charge on any atom is 0.329 e. The highest BCUT2D eigenvalue weighted by atomic mass is 16.5. The molecule has 96 valence electrons. The van der Waals surface area contributed by atoms with E-state index in [4.69, 9.17) is 4.74 Å². The minimum Gasteiger partial charge on any atom is -0.465 e. The van der Waals surface area contributed by atoms with E-state index in [0.717, 1.165) is 5.69 Å². The number of imidazole rings is 1. The summed E-state index contributed by atoms with van der Waals surface area (Å²) in [7, 11) is 0. The first-order valence-corrected chi connectivity index (χ1v) is 6.03. The molecule has 0 aliphatic carbocycles. The van der Waals surface area contributed by atoms with Gasteiger partial charge in [0.1, 0.15) is 6.04 Å². The summed E-state index contributed by atoms with van der Waals surface area (Å²) in [6.07, 6.45) is 3.45. The summed E-state index contributed by atoms with van der Waals surface area (Å²) in [6.45, 7) is 8.96. The highest BCUT2D eigenvalue weighted by Crippen LogP contribution is 2.18. The van der Waals surface area contributed by atoms with Gasteiger partial charge in [-0.05, 0) is 27.3 Å². The van der Waals surface area contributed by atoms with Crippen LogP contribution in [0, 0.1) is 0 Å². The maximum atomic E-state index is 11.9. The van der Waals surface area contributed by atoms with Gasteiger partial charge in [-0.2, -0.15) is 0 Å². The number of esters is 1. The Morgan fingerprint density at radius 2 is 2.24 bits per heavy atom. The second-order valence-corrected chi connectivity index (χ2v) is 4.06. The zero-order valence-electron chi connectivity index (χ0n) is 10.9. The monoisotopic (exact) mass is 239 g/mol. The van der Waals surface area contributed by atoms with Gasteiger partial charge < -0.3 is 9.30 Å². The molecule has 5 nitrogen and oxygen atoms in total. The third-order valence-corrected chi connectivity index (χ3v) is 2.48. The summed E-state index contributed by atoms with van der Waals surface area (Å²) in [4.78, 5) is 16.0. The molecule has 1 aromatic heterocycles. The first kappa shape index (κ1) is 13.7. The van der Waals surface area contributed by atoms with Crippen molar-refractivity contribution in [2.75, 3.05) is 13.2 Å². The fourth-order valence-electron chi connectivity index (χ4n) is 1.71. The van der Waals surface area contributed by atoms with E-state index in [-0.39, 0.29) is 12.0 Å². The van der Waals surface area contributed by atoms with Crippen molar-refractivity contribution >= 4 is 5.97 Å². The van der Waals surface area contributed by atoms with Gasteiger partial charge in [-0.3, -0.25) is 5.32 Å². The number of ether oxygens (including phenoxy) is 1. The fourth-order valence-corrected chi connectivity index (χ4v) is 1.71. The van der Waals surface area contributed by atoms with Crippen LogP contribution in [0.15, 0.2) is 12.5 Å². The highest BCUT2D eigenvalue weighted by molar-refractivity contribution is 5.77. The van der Waals surface area contributed by atoms with Gasteiger partial charge in [0.25, 0.3) is 0 Å². The lowest BCUT2D eigenvalue weighted by Crippen LogP contribution is -2.32. The summed E-state index contributed by atoms with van der Waals surface area (Å²) in [6, 6.07) is -0.173. The lowest BCUT2D eigenvalue weighted by molar-refractivity contribution is -0.146. The second kappa shape index (κ2) is 6.39. The molecule has 1 unspecified atom stereocenters. The zero-order chi connectivity index (χ0) is 12.8. The van der Waals surface area contributed by atoms with E-state index in [2.05, 4.69) is 24.1 Å². The molecule has 0 aliphatic rings. The fraction of sp³-hybridized carbons (Fsp3) is 0.667. The molecule has 0 amide bonds. The number of nitrogens with zero attached hydrogens (tertiary/aromatic N) is 2. The van der Waals surface area contributed by atoms with Crippen molar-refractivity contribution in [3.8, 4) is 0 Å². The lowest BCUT2D eigenvalue weighted by atomic mass is 10.2. The van der Waals surface area contributed by atoms with E-state index in [9.17, 15) is 4.79 Å². The Balaban J connectivity index is 2.96. The first-order chi connectivity index (χ1) is 8.11. The van der Waals surface area contributed by atoms with Crippen LogP contribution in [0.5, 0.6) is 0 Å². The number of nitrogens with one attached hydrogen (secondary N) is 1. The molecule has 0 aliphatic heterocycles. The third kappa shape index (κ3) is 3.30. The van der Waals surface area contributed by atoms with E-state index in [1.807, 2.05) is 11.5 Å². The van der Waals surface area contributed by atoms with Gasteiger partial charge >= 0.3 is 5.97 Å². The number of carbonyl (C=O) groups excluding carboxylic acids is 1. The standard InChI is InChI=1S/C12H21N3O2/c1-5-14-11(12(16)17-6-2)10-7-13-8-15(10)9(3)4/h7-9,11,14H,5-6H2,1-4H3. The number of hydrogen-bond donors (Lipinski definition) is 1. The molecule has 0 aromatic carbocycles. The molecule has 5 heteroatoms. The molecule has 0 radical (unpaired) electrons. The normalized spacial score (nSPS) is 12.8. The molecule has 0 fully saturated rings. The Morgan fingerprint density at radius 3 is 2.76 bits per heavy atom. The minimum atomic E-state index is -0.440. The van der Waals surface area contributed by atoms with Crippen LogP contribution in [0.3, 0.4) is 0 Å². The smallest absolute Gasteiger partial charge is 0.329 e. The van der Waals surface area contributed by atoms with Crippen molar-refractivity contribution in [1.82, 2.24) is 14.9 Å². The van der Waals surface area contributed by atoms with Crippen LogP contribution < -0.4 is 5.32 Å². The average Bonchev–Trinajstić information content (AvgIpc) is 2.74. The molecule has 1 heterocycles. The SMILES string of the molecule is CCNC(C(=O)OCC)c1cncn1C(C)C. The van der Waals surface area contributed by atoms with Crippen LogP contribution in [-0.4, -0.2) is 28.7 Å². The molecular formula is C12H21N3O2. The van der Waals surface area contributed by atoms with Crippen LogP contribution in [0.4, 0.5) is 0 Å². The van der Waals surface area contributed by atoms with Crippen LogP contribution in [0.1, 0.15) is 45.5 Å². The Morgan fingerprint density at radius 1 is 1.53 bits per heavy atom. The predicted octanol–water partition coefficient (Wildman–Crippen LogP) is 1.68. The molecular weight excluding hydrogens is 218 g/mol. The quantitative estimate of drug-likeness (QED) is 0.767. The summed E-state index contributed by atoms with van der Waals surface area (Å²) in [5, 5.41) is 3.13. The summed E-state index contributed by atoms with van der Waals surface area (Å²) >= 11 is 0. The van der Waals surface area contributed by atoms with E-state index >= 15 is 0 Å². The van der Waals surface area contributed by atoms with E-state index < -0.39 is 6.04 Å². The summed E-state index contributed by atoms with van der Waals surface area (Å²) < 4.78 is 7.05. The summed E-state index contributed by atoms with van der Waals surface area (Å²) in [5.41, 5.74) is 0.848. The first-order valence-electron chi connectivity index (χ1n) is 6.03. The number of aromatic nitrogens is 2. The molecule has 1 N–H and O–H groups in total. The Kier molecular flexibility index (Phi) is 5.15. The van der Waals surface area contributed by atoms with Gasteiger partial charge in [-0.1, -0.05) is 6.92 Å². The molecule has 1 aromatic rings. The molecule has 17 heavy (non-hydrogen) atoms. The van der Waals surface area contributed by atoms with Crippen LogP contribution in [-0.2, 0) is 9.53 Å². The van der Waals surface area contributed by atoms with Crippen molar-refractivity contribution in [3.63, 3.8) is 0 Å². The van der Waals surface area contributed by atoms with Gasteiger partial charge in [0.15, 0.2) is 0 Å². The molecule has 0 saturated carbocycles. The van der Waals surface area contributed by atoms with Crippen molar-refractivity contribution in [1.29, 1.82) is 0 Å². The van der Waals surface area contributed by atoms with E-state index in [1.165, 1.54) is 0 Å². The van der Waals surface area contributed by atoms with Gasteiger partial charge in [0.2, 0.25) is 0 Å². The van der Waals surface area contributed by atoms with E-state index in [0.29, 0.717) is 13.2 Å². The number of likely N-dealkylation sites (N-methyl/N-ethyl adjacent to an activating group) is 1. The molecule has 1 rings (SSSR count). The Labute approximate surface area is 102 Å². The van der Waals surface area contributed by atoms with Crippen molar-refractivity contribution < 1.29 is 9.53 Å². The number of carbonyl (C=O) groups is 1. The molecule has 0 spiro atoms. The minimum absolute atomic E-state index is 0.253. The van der Waals surface area contributed by atoms with Gasteiger partial charge in [-0.25, -0.2) is 9.78 Å². The average molecular weight is 239 g/mol. The molecule has 0 saturated heterocycles. The van der Waals surface area contributed by atoms with Gasteiger partial charge in [-0.15, -0.1) is 0 Å². The number of rotatable bonds is 6. The Hall–Kier alpha value is -1.36. The summed E-state index contributed by atoms with van der Waals surface area (Å²) in [5.74, 6) is -0.253. The van der Waals surface area contributed by atoms with Crippen molar-refractivity contribution in [3.05, 3.63) is 18.2 Å². The zero-order valence-corrected chi connectivity index (χ0v) is 10.9. The lowest BCUT2D eigenvalue weighted by Gasteiger charge is -2.19. The molecule has 1 atom stereocenters. The van der Waals surface area contributed by atoms with Crippen molar-refractivity contribution in [2.24, 2.45) is 0 Å². The number of hydrogen-bond acceptors (Lipinski definition) is 4. The van der Waals surface area contributed by atoms with Crippen LogP contribution in [0.25, 0.3) is 0 Å². The maximum absolute atomic E-state index is 11.9. The van der Waals surface area contributed by atoms with Gasteiger partial charge in [0.05, 0.1) is 24.8 Å². The van der Waals surface area contributed by atoms with Gasteiger partial charge in [0, 0.05) is 6.04 Å². The topological polar surface area (TPSA) is 56.1 Å². The van der Waals surface area contributed by atoms with Crippen LogP contribution in [0.2, 0.25) is 0 Å². The predicted molar refractivity (Wildman–Crippen MR) is 65.7 cm³/mol. The molecule has 0 bridgehead atoms. The highest BCUT2D eigenvalue weighted by Gasteiger charge is 2.24. The van der Waals surface area contributed by atoms with E-state index in [1.54, 1.807) is 19.4 Å². The van der Waals surface area contributed by atoms with Crippen molar-refractivity contribution in [2.45, 2.75) is 39.8 Å². The largest absolute Gasteiger partial charge is 0.465 e. The van der Waals surface area contributed by atoms with Crippen LogP contribution >= 0.6 is 0 Å². The Bertz CT molecular complexity index is 360.